The fraction of sp³-hybridized carbons (Fsp3) is 0.556. The van der Waals surface area contributed by atoms with Gasteiger partial charge in [-0.3, -0.25) is 0 Å². The molecule has 0 aliphatic carbocycles. The minimum atomic E-state index is -0.928. The average molecular weight is 152 g/mol. The molecule has 0 saturated heterocycles. The minimum Gasteiger partial charge on any atom is -0.396 e. The number of ether oxygens (including phenoxy) is 1. The van der Waals surface area contributed by atoms with E-state index in [9.17, 15) is 0 Å². The fourth-order valence-corrected chi connectivity index (χ4v) is 0.734. The molecule has 0 saturated carbocycles. The van der Waals surface area contributed by atoms with E-state index in [-0.39, 0.29) is 6.61 Å². The zero-order valence-electron chi connectivity index (χ0n) is 6.63. The molecule has 0 heterocycles. The van der Waals surface area contributed by atoms with Crippen LogP contribution in [-0.2, 0) is 4.74 Å². The molecule has 2 heteroatoms. The van der Waals surface area contributed by atoms with Gasteiger partial charge in [0, 0.05) is 20.1 Å². The van der Waals surface area contributed by atoms with Crippen molar-refractivity contribution in [1.82, 2.24) is 0 Å². The van der Waals surface area contributed by atoms with Crippen molar-refractivity contribution < 1.29 is 9.84 Å². The smallest absolute Gasteiger partial charge is 0.189 e. The Bertz CT molecular complexity index is 169. The fourth-order valence-electron chi connectivity index (χ4n) is 0.734. The summed E-state index contributed by atoms with van der Waals surface area (Å²) in [6.45, 7) is 0.0778. The van der Waals surface area contributed by atoms with Crippen LogP contribution >= 0.6 is 0 Å². The summed E-state index contributed by atoms with van der Waals surface area (Å²) in [6.07, 6.45) is 11.4. The number of terminal acetylenes is 2. The van der Waals surface area contributed by atoms with Crippen LogP contribution in [0.25, 0.3) is 0 Å². The van der Waals surface area contributed by atoms with E-state index in [0.29, 0.717) is 12.8 Å². The normalized spacial score (nSPS) is 10.2. The van der Waals surface area contributed by atoms with Gasteiger partial charge in [-0.15, -0.1) is 12.8 Å². The summed E-state index contributed by atoms with van der Waals surface area (Å²) in [7, 11) is 1.47. The molecule has 0 fully saturated rings. The lowest BCUT2D eigenvalue weighted by atomic mass is 10.00. The van der Waals surface area contributed by atoms with Crippen LogP contribution in [0.15, 0.2) is 0 Å². The molecule has 0 rings (SSSR count). The highest BCUT2D eigenvalue weighted by Crippen LogP contribution is 2.14. The number of hydrogen-bond donors (Lipinski definition) is 1. The van der Waals surface area contributed by atoms with E-state index in [1.165, 1.54) is 7.11 Å². The van der Waals surface area contributed by atoms with Gasteiger partial charge in [-0.2, -0.15) is 0 Å². The van der Waals surface area contributed by atoms with Crippen LogP contribution in [0.1, 0.15) is 12.8 Å². The number of methoxy groups -OCH3 is 1. The van der Waals surface area contributed by atoms with E-state index >= 15 is 0 Å². The van der Waals surface area contributed by atoms with Gasteiger partial charge < -0.3 is 9.84 Å². The van der Waals surface area contributed by atoms with Gasteiger partial charge in [0.15, 0.2) is 5.60 Å². The second-order valence-electron chi connectivity index (χ2n) is 2.15. The van der Waals surface area contributed by atoms with E-state index < -0.39 is 5.60 Å². The van der Waals surface area contributed by atoms with Crippen molar-refractivity contribution in [3.63, 3.8) is 0 Å². The predicted octanol–water partition coefficient (Wildman–Crippen LogP) is 0.411. The number of hydrogen-bond acceptors (Lipinski definition) is 2. The van der Waals surface area contributed by atoms with Gasteiger partial charge >= 0.3 is 0 Å². The molecule has 0 unspecified atom stereocenters. The van der Waals surface area contributed by atoms with Gasteiger partial charge in [-0.25, -0.2) is 0 Å². The third-order valence-corrected chi connectivity index (χ3v) is 1.50. The van der Waals surface area contributed by atoms with Gasteiger partial charge in [0.2, 0.25) is 0 Å². The van der Waals surface area contributed by atoms with Crippen molar-refractivity contribution in [3.8, 4) is 24.7 Å². The number of aliphatic hydroxyl groups is 1. The zero-order valence-corrected chi connectivity index (χ0v) is 6.63. The van der Waals surface area contributed by atoms with Gasteiger partial charge in [-0.1, -0.05) is 11.8 Å². The first kappa shape index (κ1) is 10.0. The lowest BCUT2D eigenvalue weighted by molar-refractivity contribution is 0.0765. The molecule has 0 aromatic rings. The molecule has 0 atom stereocenters. The van der Waals surface area contributed by atoms with Crippen molar-refractivity contribution in [3.05, 3.63) is 0 Å². The van der Waals surface area contributed by atoms with Crippen LogP contribution in [0.4, 0.5) is 0 Å². The zero-order chi connectivity index (χ0) is 8.74. The first-order valence-corrected chi connectivity index (χ1v) is 3.36. The van der Waals surface area contributed by atoms with Crippen LogP contribution in [0.5, 0.6) is 0 Å². The molecule has 0 aromatic carbocycles. The number of aliphatic hydroxyl groups excluding tert-OH is 1. The Hall–Kier alpha value is -0.960. The van der Waals surface area contributed by atoms with Crippen molar-refractivity contribution in [1.29, 1.82) is 0 Å². The van der Waals surface area contributed by atoms with Gasteiger partial charge in [0.05, 0.1) is 0 Å². The third-order valence-electron chi connectivity index (χ3n) is 1.50. The standard InChI is InChI=1S/C9H12O2/c1-4-9(5-2,11-3)7-6-8-10/h1-2,10H,6-8H2,3H3. The molecule has 0 amide bonds. The lowest BCUT2D eigenvalue weighted by Crippen LogP contribution is -2.27. The van der Waals surface area contributed by atoms with E-state index in [2.05, 4.69) is 11.8 Å². The first-order chi connectivity index (χ1) is 5.24. The summed E-state index contributed by atoms with van der Waals surface area (Å²) in [5.74, 6) is 4.76. The van der Waals surface area contributed by atoms with Crippen molar-refractivity contribution in [2.45, 2.75) is 18.4 Å². The monoisotopic (exact) mass is 152 g/mol. The molecular formula is C9H12O2. The summed E-state index contributed by atoms with van der Waals surface area (Å²) in [5, 5.41) is 8.52. The molecule has 1 N–H and O–H groups in total. The maximum atomic E-state index is 8.52. The van der Waals surface area contributed by atoms with Crippen molar-refractivity contribution in [2.24, 2.45) is 0 Å². The van der Waals surface area contributed by atoms with E-state index in [4.69, 9.17) is 22.7 Å². The third kappa shape index (κ3) is 2.63. The van der Waals surface area contributed by atoms with Gasteiger partial charge in [-0.05, 0) is 6.42 Å². The summed E-state index contributed by atoms with van der Waals surface area (Å²) in [6, 6.07) is 0. The maximum Gasteiger partial charge on any atom is 0.189 e. The Kier molecular flexibility index (Phi) is 4.38. The molecule has 0 aliphatic heterocycles. The highest BCUT2D eigenvalue weighted by atomic mass is 16.5. The van der Waals surface area contributed by atoms with Crippen LogP contribution in [-0.4, -0.2) is 24.4 Å². The van der Waals surface area contributed by atoms with E-state index in [1.54, 1.807) is 0 Å². The molecule has 60 valence electrons. The van der Waals surface area contributed by atoms with E-state index in [1.807, 2.05) is 0 Å². The molecule has 0 radical (unpaired) electrons. The molecular weight excluding hydrogens is 140 g/mol. The largest absolute Gasteiger partial charge is 0.396 e. The topological polar surface area (TPSA) is 29.5 Å². The Morgan fingerprint density at radius 3 is 2.27 bits per heavy atom. The summed E-state index contributed by atoms with van der Waals surface area (Å²) >= 11 is 0. The predicted molar refractivity (Wildman–Crippen MR) is 43.7 cm³/mol. The SMILES string of the molecule is C#CC(C#C)(CCCO)OC. The average Bonchev–Trinajstić information content (AvgIpc) is 2.08. The van der Waals surface area contributed by atoms with Crippen LogP contribution in [0.3, 0.4) is 0 Å². The highest BCUT2D eigenvalue weighted by Gasteiger charge is 2.22. The Morgan fingerprint density at radius 2 is 2.00 bits per heavy atom. The quantitative estimate of drug-likeness (QED) is 0.591. The van der Waals surface area contributed by atoms with Crippen LogP contribution < -0.4 is 0 Å². The Morgan fingerprint density at radius 1 is 1.45 bits per heavy atom. The highest BCUT2D eigenvalue weighted by molar-refractivity contribution is 5.24. The van der Waals surface area contributed by atoms with Crippen molar-refractivity contribution in [2.75, 3.05) is 13.7 Å². The molecule has 2 nitrogen and oxygen atoms in total. The molecule has 0 bridgehead atoms. The van der Waals surface area contributed by atoms with Gasteiger partial charge in [0.1, 0.15) is 0 Å². The minimum absolute atomic E-state index is 0.0778. The molecule has 0 aromatic heterocycles. The molecule has 11 heavy (non-hydrogen) atoms. The van der Waals surface area contributed by atoms with Crippen LogP contribution in [0.2, 0.25) is 0 Å². The molecule has 0 aliphatic rings. The lowest BCUT2D eigenvalue weighted by Gasteiger charge is -2.19. The van der Waals surface area contributed by atoms with Gasteiger partial charge in [0.25, 0.3) is 0 Å². The van der Waals surface area contributed by atoms with Crippen LogP contribution in [0, 0.1) is 24.7 Å². The molecule has 0 spiro atoms. The summed E-state index contributed by atoms with van der Waals surface area (Å²) in [5.41, 5.74) is -0.928. The second kappa shape index (κ2) is 4.79. The maximum absolute atomic E-state index is 8.52. The first-order valence-electron chi connectivity index (χ1n) is 3.36. The number of rotatable bonds is 4. The Balaban J connectivity index is 4.12. The summed E-state index contributed by atoms with van der Waals surface area (Å²) in [4.78, 5) is 0. The second-order valence-corrected chi connectivity index (χ2v) is 2.15. The van der Waals surface area contributed by atoms with E-state index in [0.717, 1.165) is 0 Å². The Labute approximate surface area is 67.6 Å². The van der Waals surface area contributed by atoms with Crippen molar-refractivity contribution >= 4 is 0 Å². The summed E-state index contributed by atoms with van der Waals surface area (Å²) < 4.78 is 4.96.